The van der Waals surface area contributed by atoms with Gasteiger partial charge in [-0.3, -0.25) is 4.98 Å². The first-order valence-electron chi connectivity index (χ1n) is 11.1. The number of fused-ring (bicyclic) bond motifs is 1. The summed E-state index contributed by atoms with van der Waals surface area (Å²) in [6.07, 6.45) is 3.69. The first-order valence-corrected chi connectivity index (χ1v) is 11.1. The quantitative estimate of drug-likeness (QED) is 0.428. The summed E-state index contributed by atoms with van der Waals surface area (Å²) in [6, 6.07) is 21.1. The Bertz CT molecular complexity index is 1220. The first kappa shape index (κ1) is 20.3. The molecule has 0 aliphatic carbocycles. The normalized spacial score (nSPS) is 12.7. The average Bonchev–Trinajstić information content (AvgIpc) is 3.32. The van der Waals surface area contributed by atoms with Crippen LogP contribution in [0.3, 0.4) is 0 Å². The Morgan fingerprint density at radius 2 is 1.75 bits per heavy atom. The molecule has 0 saturated carbocycles. The molecule has 4 aromatic rings. The second-order valence-electron chi connectivity index (χ2n) is 8.46. The molecular weight excluding hydrogens is 394 g/mol. The average molecular weight is 422 g/mol. The van der Waals surface area contributed by atoms with Crippen molar-refractivity contribution in [2.24, 2.45) is 0 Å². The van der Waals surface area contributed by atoms with Crippen LogP contribution in [0.5, 0.6) is 0 Å². The zero-order valence-electron chi connectivity index (χ0n) is 18.5. The molecule has 1 aliphatic heterocycles. The van der Waals surface area contributed by atoms with Gasteiger partial charge in [-0.25, -0.2) is 9.97 Å². The van der Waals surface area contributed by atoms with Crippen LogP contribution in [-0.2, 0) is 19.6 Å². The van der Waals surface area contributed by atoms with Gasteiger partial charge in [-0.05, 0) is 34.2 Å². The molecule has 5 nitrogen and oxygen atoms in total. The maximum Gasteiger partial charge on any atom is 0.162 e. The molecule has 1 aliphatic rings. The van der Waals surface area contributed by atoms with Gasteiger partial charge in [0.25, 0.3) is 0 Å². The summed E-state index contributed by atoms with van der Waals surface area (Å²) in [5, 5.41) is 7.00. The number of nitrogens with zero attached hydrogens (tertiary/aromatic N) is 3. The van der Waals surface area contributed by atoms with Crippen LogP contribution < -0.4 is 10.6 Å². The fourth-order valence-corrected chi connectivity index (χ4v) is 4.17. The summed E-state index contributed by atoms with van der Waals surface area (Å²) in [5.74, 6) is 2.13. The highest BCUT2D eigenvalue weighted by molar-refractivity contribution is 5.65. The maximum absolute atomic E-state index is 4.97. The van der Waals surface area contributed by atoms with Gasteiger partial charge in [0.05, 0.1) is 5.69 Å². The van der Waals surface area contributed by atoms with E-state index in [1.54, 1.807) is 6.20 Å². The number of pyridine rings is 1. The van der Waals surface area contributed by atoms with Gasteiger partial charge in [0, 0.05) is 43.2 Å². The molecule has 0 spiro atoms. The van der Waals surface area contributed by atoms with Crippen molar-refractivity contribution in [3.05, 3.63) is 95.4 Å². The Kier molecular flexibility index (Phi) is 5.65. The SMILES string of the molecule is CC(C)c1ccccc1-c1nc2c(c(NCc3ccc(-c4cccnc4)cc3)n1)CNC2. The molecular formula is C27H27N5. The van der Waals surface area contributed by atoms with Gasteiger partial charge in [-0.2, -0.15) is 0 Å². The van der Waals surface area contributed by atoms with Gasteiger partial charge >= 0.3 is 0 Å². The van der Waals surface area contributed by atoms with Gasteiger partial charge in [-0.15, -0.1) is 0 Å². The van der Waals surface area contributed by atoms with E-state index in [2.05, 4.69) is 84.1 Å². The number of nitrogens with one attached hydrogen (secondary N) is 2. The fourth-order valence-electron chi connectivity index (χ4n) is 4.17. The minimum Gasteiger partial charge on any atom is -0.366 e. The number of hydrogen-bond acceptors (Lipinski definition) is 5. The van der Waals surface area contributed by atoms with Crippen molar-refractivity contribution in [1.82, 2.24) is 20.3 Å². The fraction of sp³-hybridized carbons (Fsp3) is 0.222. The predicted octanol–water partition coefficient (Wildman–Crippen LogP) is 5.54. The lowest BCUT2D eigenvalue weighted by molar-refractivity contribution is 0.758. The van der Waals surface area contributed by atoms with E-state index < -0.39 is 0 Å². The van der Waals surface area contributed by atoms with E-state index in [0.29, 0.717) is 12.5 Å². The molecule has 0 amide bonds. The molecule has 0 unspecified atom stereocenters. The molecule has 5 rings (SSSR count). The van der Waals surface area contributed by atoms with Crippen LogP contribution in [0, 0.1) is 0 Å². The second-order valence-corrected chi connectivity index (χ2v) is 8.46. The van der Waals surface area contributed by atoms with E-state index in [0.717, 1.165) is 41.6 Å². The van der Waals surface area contributed by atoms with Crippen molar-refractivity contribution in [2.75, 3.05) is 5.32 Å². The number of aromatic nitrogens is 3. The van der Waals surface area contributed by atoms with Crippen LogP contribution in [0.25, 0.3) is 22.5 Å². The molecule has 0 atom stereocenters. The van der Waals surface area contributed by atoms with Crippen molar-refractivity contribution in [3.63, 3.8) is 0 Å². The molecule has 160 valence electrons. The topological polar surface area (TPSA) is 62.7 Å². The number of anilines is 1. The summed E-state index contributed by atoms with van der Waals surface area (Å²) >= 11 is 0. The van der Waals surface area contributed by atoms with E-state index in [4.69, 9.17) is 9.97 Å². The van der Waals surface area contributed by atoms with Gasteiger partial charge < -0.3 is 10.6 Å². The van der Waals surface area contributed by atoms with Crippen LogP contribution in [0.15, 0.2) is 73.1 Å². The van der Waals surface area contributed by atoms with Gasteiger partial charge in [0.1, 0.15) is 5.82 Å². The molecule has 2 aromatic heterocycles. The summed E-state index contributed by atoms with van der Waals surface area (Å²) in [7, 11) is 0. The predicted molar refractivity (Wildman–Crippen MR) is 129 cm³/mol. The molecule has 0 radical (unpaired) electrons. The van der Waals surface area contributed by atoms with Gasteiger partial charge in [0.15, 0.2) is 5.82 Å². The standard InChI is InChI=1S/C27H27N5/c1-18(2)22-7-3-4-8-23(22)27-31-25-17-29-16-24(25)26(32-27)30-14-19-9-11-20(12-10-19)21-6-5-13-28-15-21/h3-13,15,18,29H,14,16-17H2,1-2H3,(H,30,31,32). The molecule has 0 fully saturated rings. The van der Waals surface area contributed by atoms with Crippen LogP contribution in [0.1, 0.15) is 42.1 Å². The Hall–Kier alpha value is -3.57. The molecule has 3 heterocycles. The van der Waals surface area contributed by atoms with Crippen molar-refractivity contribution < 1.29 is 0 Å². The number of rotatable bonds is 6. The smallest absolute Gasteiger partial charge is 0.162 e. The zero-order valence-corrected chi connectivity index (χ0v) is 18.5. The Labute approximate surface area is 189 Å². The monoisotopic (exact) mass is 421 g/mol. The summed E-state index contributed by atoms with van der Waals surface area (Å²) in [4.78, 5) is 14.1. The highest BCUT2D eigenvalue weighted by Crippen LogP contribution is 2.31. The van der Waals surface area contributed by atoms with E-state index in [-0.39, 0.29) is 0 Å². The first-order chi connectivity index (χ1) is 15.7. The van der Waals surface area contributed by atoms with Crippen LogP contribution >= 0.6 is 0 Å². The molecule has 32 heavy (non-hydrogen) atoms. The summed E-state index contributed by atoms with van der Waals surface area (Å²) in [6.45, 7) is 6.71. The summed E-state index contributed by atoms with van der Waals surface area (Å²) in [5.41, 5.74) is 8.14. The largest absolute Gasteiger partial charge is 0.366 e. The molecule has 2 N–H and O–H groups in total. The van der Waals surface area contributed by atoms with E-state index in [9.17, 15) is 0 Å². The second kappa shape index (κ2) is 8.89. The summed E-state index contributed by atoms with van der Waals surface area (Å²) < 4.78 is 0. The maximum atomic E-state index is 4.97. The van der Waals surface area contributed by atoms with Crippen molar-refractivity contribution in [1.29, 1.82) is 0 Å². The lowest BCUT2D eigenvalue weighted by Gasteiger charge is -2.15. The van der Waals surface area contributed by atoms with Crippen molar-refractivity contribution >= 4 is 5.82 Å². The minimum atomic E-state index is 0.413. The molecule has 2 aromatic carbocycles. The van der Waals surface area contributed by atoms with Crippen LogP contribution in [0.2, 0.25) is 0 Å². The molecule has 0 saturated heterocycles. The third-order valence-corrected chi connectivity index (χ3v) is 5.92. The van der Waals surface area contributed by atoms with E-state index in [1.807, 2.05) is 12.3 Å². The Morgan fingerprint density at radius 1 is 0.906 bits per heavy atom. The van der Waals surface area contributed by atoms with E-state index in [1.165, 1.54) is 22.3 Å². The molecule has 5 heteroatoms. The minimum absolute atomic E-state index is 0.413. The highest BCUT2D eigenvalue weighted by Gasteiger charge is 2.21. The highest BCUT2D eigenvalue weighted by atomic mass is 15.1. The zero-order chi connectivity index (χ0) is 21.9. The lowest BCUT2D eigenvalue weighted by Crippen LogP contribution is -2.08. The third-order valence-electron chi connectivity index (χ3n) is 5.92. The van der Waals surface area contributed by atoms with Crippen molar-refractivity contribution in [2.45, 2.75) is 39.4 Å². The number of benzene rings is 2. The third kappa shape index (κ3) is 4.12. The van der Waals surface area contributed by atoms with Crippen LogP contribution in [-0.4, -0.2) is 15.0 Å². The Balaban J connectivity index is 1.41. The van der Waals surface area contributed by atoms with Gasteiger partial charge in [0.2, 0.25) is 0 Å². The molecule has 0 bridgehead atoms. The van der Waals surface area contributed by atoms with E-state index >= 15 is 0 Å². The van der Waals surface area contributed by atoms with Gasteiger partial charge in [-0.1, -0.05) is 68.4 Å². The lowest BCUT2D eigenvalue weighted by atomic mass is 9.96. The van der Waals surface area contributed by atoms with Crippen molar-refractivity contribution in [3.8, 4) is 22.5 Å². The number of hydrogen-bond donors (Lipinski definition) is 2. The van der Waals surface area contributed by atoms with Crippen LogP contribution in [0.4, 0.5) is 5.82 Å². The Morgan fingerprint density at radius 3 is 2.53 bits per heavy atom.